The fraction of sp³-hybridized carbons (Fsp3) is 1.00. The van der Waals surface area contributed by atoms with Gasteiger partial charge in [0.2, 0.25) is 0 Å². The summed E-state index contributed by atoms with van der Waals surface area (Å²) >= 11 is 0. The van der Waals surface area contributed by atoms with Crippen LogP contribution in [0.1, 0.15) is 52.9 Å². The third-order valence-corrected chi connectivity index (χ3v) is 2.95. The monoisotopic (exact) mass is 199 g/mol. The second-order valence-electron chi connectivity index (χ2n) is 4.69. The van der Waals surface area contributed by atoms with Crippen LogP contribution in [-0.2, 0) is 4.74 Å². The van der Waals surface area contributed by atoms with Crippen LogP contribution in [0, 0.1) is 0 Å². The molecule has 1 fully saturated rings. The van der Waals surface area contributed by atoms with Crippen LogP contribution < -0.4 is 5.32 Å². The van der Waals surface area contributed by atoms with E-state index in [1.54, 1.807) is 0 Å². The first-order chi connectivity index (χ1) is 6.68. The van der Waals surface area contributed by atoms with E-state index in [-0.39, 0.29) is 5.60 Å². The summed E-state index contributed by atoms with van der Waals surface area (Å²) in [5, 5.41) is 3.44. The molecule has 0 amide bonds. The van der Waals surface area contributed by atoms with Crippen LogP contribution in [0.3, 0.4) is 0 Å². The fourth-order valence-corrected chi connectivity index (χ4v) is 2.39. The molecule has 0 aromatic heterocycles. The molecule has 84 valence electrons. The minimum absolute atomic E-state index is 0.141. The SMILES string of the molecule is CCNCC1(OC(C)C)CCCCC1. The second kappa shape index (κ2) is 5.72. The number of ether oxygens (including phenoxy) is 1. The molecule has 0 aliphatic heterocycles. The Morgan fingerprint density at radius 3 is 2.36 bits per heavy atom. The minimum Gasteiger partial charge on any atom is -0.371 e. The van der Waals surface area contributed by atoms with Crippen molar-refractivity contribution in [3.8, 4) is 0 Å². The van der Waals surface area contributed by atoms with Gasteiger partial charge in [0, 0.05) is 6.54 Å². The maximum atomic E-state index is 6.12. The summed E-state index contributed by atoms with van der Waals surface area (Å²) in [6, 6.07) is 0. The zero-order chi connectivity index (χ0) is 10.4. The van der Waals surface area contributed by atoms with Crippen LogP contribution in [0.25, 0.3) is 0 Å². The van der Waals surface area contributed by atoms with Crippen LogP contribution >= 0.6 is 0 Å². The van der Waals surface area contributed by atoms with Crippen molar-refractivity contribution < 1.29 is 4.74 Å². The van der Waals surface area contributed by atoms with Crippen LogP contribution in [0.4, 0.5) is 0 Å². The first kappa shape index (κ1) is 12.0. The van der Waals surface area contributed by atoms with E-state index in [1.165, 1.54) is 32.1 Å². The van der Waals surface area contributed by atoms with E-state index in [2.05, 4.69) is 26.1 Å². The summed E-state index contributed by atoms with van der Waals surface area (Å²) in [6.07, 6.45) is 6.87. The number of nitrogens with one attached hydrogen (secondary N) is 1. The Morgan fingerprint density at radius 1 is 1.21 bits per heavy atom. The molecule has 1 saturated carbocycles. The summed E-state index contributed by atoms with van der Waals surface area (Å²) in [5.41, 5.74) is 0.141. The van der Waals surface area contributed by atoms with Crippen molar-refractivity contribution in [3.05, 3.63) is 0 Å². The highest BCUT2D eigenvalue weighted by Gasteiger charge is 2.33. The Bertz CT molecular complexity index is 150. The third-order valence-electron chi connectivity index (χ3n) is 2.95. The van der Waals surface area contributed by atoms with E-state index in [4.69, 9.17) is 4.74 Å². The van der Waals surface area contributed by atoms with Gasteiger partial charge >= 0.3 is 0 Å². The highest BCUT2D eigenvalue weighted by Crippen LogP contribution is 2.32. The number of hydrogen-bond donors (Lipinski definition) is 1. The standard InChI is InChI=1S/C12H25NO/c1-4-13-10-12(14-11(2)3)8-6-5-7-9-12/h11,13H,4-10H2,1-3H3. The lowest BCUT2D eigenvalue weighted by molar-refractivity contribution is -0.0988. The Morgan fingerprint density at radius 2 is 1.86 bits per heavy atom. The lowest BCUT2D eigenvalue weighted by Gasteiger charge is -2.39. The maximum absolute atomic E-state index is 6.12. The molecule has 0 aromatic carbocycles. The number of likely N-dealkylation sites (N-methyl/N-ethyl adjacent to an activating group) is 1. The highest BCUT2D eigenvalue weighted by molar-refractivity contribution is 4.87. The minimum atomic E-state index is 0.141. The molecule has 0 unspecified atom stereocenters. The van der Waals surface area contributed by atoms with Gasteiger partial charge in [0.15, 0.2) is 0 Å². The molecule has 0 spiro atoms. The van der Waals surface area contributed by atoms with E-state index in [1.807, 2.05) is 0 Å². The van der Waals surface area contributed by atoms with Crippen molar-refractivity contribution >= 4 is 0 Å². The first-order valence-electron chi connectivity index (χ1n) is 6.07. The molecule has 0 saturated heterocycles. The predicted molar refractivity (Wildman–Crippen MR) is 60.6 cm³/mol. The van der Waals surface area contributed by atoms with E-state index >= 15 is 0 Å². The Kier molecular flexibility index (Phi) is 4.90. The third kappa shape index (κ3) is 3.58. The van der Waals surface area contributed by atoms with Gasteiger partial charge in [0.05, 0.1) is 11.7 Å². The van der Waals surface area contributed by atoms with Crippen molar-refractivity contribution in [2.45, 2.75) is 64.6 Å². The molecular formula is C12H25NO. The van der Waals surface area contributed by atoms with Crippen molar-refractivity contribution in [1.29, 1.82) is 0 Å². The Hall–Kier alpha value is -0.0800. The van der Waals surface area contributed by atoms with Gasteiger partial charge in [-0.05, 0) is 33.2 Å². The molecule has 1 rings (SSSR count). The smallest absolute Gasteiger partial charge is 0.0809 e. The van der Waals surface area contributed by atoms with Gasteiger partial charge in [-0.3, -0.25) is 0 Å². The average molecular weight is 199 g/mol. The molecule has 2 nitrogen and oxygen atoms in total. The molecule has 1 N–H and O–H groups in total. The summed E-state index contributed by atoms with van der Waals surface area (Å²) in [6.45, 7) is 8.52. The van der Waals surface area contributed by atoms with E-state index < -0.39 is 0 Å². The van der Waals surface area contributed by atoms with Crippen LogP contribution in [0.2, 0.25) is 0 Å². The summed E-state index contributed by atoms with van der Waals surface area (Å²) < 4.78 is 6.12. The van der Waals surface area contributed by atoms with E-state index in [0.717, 1.165) is 13.1 Å². The summed E-state index contributed by atoms with van der Waals surface area (Å²) in [4.78, 5) is 0. The quantitative estimate of drug-likeness (QED) is 0.735. The summed E-state index contributed by atoms with van der Waals surface area (Å²) in [7, 11) is 0. The molecule has 0 radical (unpaired) electrons. The highest BCUT2D eigenvalue weighted by atomic mass is 16.5. The molecule has 0 heterocycles. The van der Waals surface area contributed by atoms with Crippen molar-refractivity contribution in [2.75, 3.05) is 13.1 Å². The molecule has 1 aliphatic carbocycles. The van der Waals surface area contributed by atoms with E-state index in [9.17, 15) is 0 Å². The molecule has 0 atom stereocenters. The predicted octanol–water partition coefficient (Wildman–Crippen LogP) is 2.72. The van der Waals surface area contributed by atoms with Crippen molar-refractivity contribution in [2.24, 2.45) is 0 Å². The lowest BCUT2D eigenvalue weighted by atomic mass is 9.84. The van der Waals surface area contributed by atoms with Gasteiger partial charge in [-0.2, -0.15) is 0 Å². The molecule has 0 aromatic rings. The number of hydrogen-bond acceptors (Lipinski definition) is 2. The lowest BCUT2D eigenvalue weighted by Crippen LogP contribution is -2.46. The van der Waals surface area contributed by atoms with Crippen molar-refractivity contribution in [3.63, 3.8) is 0 Å². The van der Waals surface area contributed by atoms with Crippen LogP contribution in [-0.4, -0.2) is 24.8 Å². The Labute approximate surface area is 88.4 Å². The first-order valence-corrected chi connectivity index (χ1v) is 6.07. The molecule has 14 heavy (non-hydrogen) atoms. The van der Waals surface area contributed by atoms with Crippen molar-refractivity contribution in [1.82, 2.24) is 5.32 Å². The average Bonchev–Trinajstić information content (AvgIpc) is 2.15. The van der Waals surface area contributed by atoms with E-state index in [0.29, 0.717) is 6.10 Å². The summed E-state index contributed by atoms with van der Waals surface area (Å²) in [5.74, 6) is 0. The number of rotatable bonds is 5. The van der Waals surface area contributed by atoms with Gasteiger partial charge in [0.25, 0.3) is 0 Å². The van der Waals surface area contributed by atoms with Crippen LogP contribution in [0.15, 0.2) is 0 Å². The molecular weight excluding hydrogens is 174 g/mol. The van der Waals surface area contributed by atoms with Gasteiger partial charge in [-0.25, -0.2) is 0 Å². The van der Waals surface area contributed by atoms with Crippen LogP contribution in [0.5, 0.6) is 0 Å². The van der Waals surface area contributed by atoms with Gasteiger partial charge < -0.3 is 10.1 Å². The zero-order valence-corrected chi connectivity index (χ0v) is 9.94. The molecule has 1 aliphatic rings. The largest absolute Gasteiger partial charge is 0.371 e. The zero-order valence-electron chi connectivity index (χ0n) is 9.94. The van der Waals surface area contributed by atoms with Gasteiger partial charge in [-0.1, -0.05) is 26.2 Å². The maximum Gasteiger partial charge on any atom is 0.0809 e. The Balaban J connectivity index is 2.47. The molecule has 0 bridgehead atoms. The fourth-order valence-electron chi connectivity index (χ4n) is 2.39. The second-order valence-corrected chi connectivity index (χ2v) is 4.69. The normalized spacial score (nSPS) is 21.4. The van der Waals surface area contributed by atoms with Gasteiger partial charge in [0.1, 0.15) is 0 Å². The van der Waals surface area contributed by atoms with Gasteiger partial charge in [-0.15, -0.1) is 0 Å². The topological polar surface area (TPSA) is 21.3 Å². The molecule has 2 heteroatoms.